The molecule has 0 aromatic heterocycles. The number of nitrogens with two attached hydrogens (primary N) is 1. The van der Waals surface area contributed by atoms with Crippen molar-refractivity contribution in [2.75, 3.05) is 0 Å². The zero-order valence-corrected chi connectivity index (χ0v) is 11.2. The van der Waals surface area contributed by atoms with Crippen LogP contribution < -0.4 is 5.73 Å². The predicted molar refractivity (Wildman–Crippen MR) is 74.9 cm³/mol. The minimum absolute atomic E-state index is 0.00856. The highest BCUT2D eigenvalue weighted by atomic mass is 14.6. The van der Waals surface area contributed by atoms with E-state index < -0.39 is 0 Å². The van der Waals surface area contributed by atoms with Gasteiger partial charge in [-0.15, -0.1) is 0 Å². The van der Waals surface area contributed by atoms with Gasteiger partial charge in [0.1, 0.15) is 0 Å². The van der Waals surface area contributed by atoms with Crippen LogP contribution in [0.3, 0.4) is 0 Å². The zero-order valence-electron chi connectivity index (χ0n) is 11.2. The average molecular weight is 229 g/mol. The van der Waals surface area contributed by atoms with Crippen molar-refractivity contribution in [2.45, 2.75) is 52.0 Å². The Bertz CT molecular complexity index is 380. The van der Waals surface area contributed by atoms with Crippen LogP contribution in [0.4, 0.5) is 0 Å². The van der Waals surface area contributed by atoms with Crippen molar-refractivity contribution in [3.8, 4) is 11.8 Å². The Balaban J connectivity index is 2.68. The van der Waals surface area contributed by atoms with Crippen LogP contribution in [0.5, 0.6) is 0 Å². The van der Waals surface area contributed by atoms with Crippen molar-refractivity contribution in [3.63, 3.8) is 0 Å². The Kier molecular flexibility index (Phi) is 5.80. The Morgan fingerprint density at radius 1 is 1.18 bits per heavy atom. The van der Waals surface area contributed by atoms with Crippen LogP contribution in [0, 0.1) is 11.8 Å². The molecule has 0 aliphatic rings. The summed E-state index contributed by atoms with van der Waals surface area (Å²) in [4.78, 5) is 0. The Morgan fingerprint density at radius 3 is 2.35 bits per heavy atom. The molecule has 0 saturated heterocycles. The fourth-order valence-electron chi connectivity index (χ4n) is 1.69. The number of rotatable bonds is 4. The fourth-order valence-corrected chi connectivity index (χ4v) is 1.69. The zero-order chi connectivity index (χ0) is 12.7. The summed E-state index contributed by atoms with van der Waals surface area (Å²) in [6.45, 7) is 6.59. The van der Waals surface area contributed by atoms with Gasteiger partial charge >= 0.3 is 0 Å². The van der Waals surface area contributed by atoms with Gasteiger partial charge in [-0.3, -0.25) is 0 Å². The first kappa shape index (κ1) is 13.8. The minimum atomic E-state index is 0.00856. The third-order valence-electron chi connectivity index (χ3n) is 3.09. The Hall–Kier alpha value is -1.26. The number of hydrogen-bond acceptors (Lipinski definition) is 1. The van der Waals surface area contributed by atoms with Crippen LogP contribution in [0.1, 0.15) is 57.1 Å². The maximum atomic E-state index is 5.86. The second-order valence-electron chi connectivity index (χ2n) is 4.60. The van der Waals surface area contributed by atoms with E-state index >= 15 is 0 Å². The molecule has 2 atom stereocenters. The topological polar surface area (TPSA) is 26.0 Å². The lowest BCUT2D eigenvalue weighted by Crippen LogP contribution is -2.16. The van der Waals surface area contributed by atoms with Gasteiger partial charge < -0.3 is 5.73 Å². The van der Waals surface area contributed by atoms with E-state index in [1.165, 1.54) is 12.0 Å². The van der Waals surface area contributed by atoms with Crippen molar-refractivity contribution in [1.82, 2.24) is 0 Å². The van der Waals surface area contributed by atoms with Crippen LogP contribution >= 0.6 is 0 Å². The monoisotopic (exact) mass is 229 g/mol. The minimum Gasteiger partial charge on any atom is -0.318 e. The molecular formula is C16H23N. The van der Waals surface area contributed by atoms with Gasteiger partial charge in [-0.25, -0.2) is 0 Å². The van der Waals surface area contributed by atoms with E-state index in [9.17, 15) is 0 Å². The molecule has 92 valence electrons. The molecule has 0 aliphatic heterocycles. The summed E-state index contributed by atoms with van der Waals surface area (Å²) in [6.07, 6.45) is 3.23. The van der Waals surface area contributed by atoms with Crippen LogP contribution in [0.25, 0.3) is 0 Å². The third kappa shape index (κ3) is 4.63. The van der Waals surface area contributed by atoms with Crippen LogP contribution in [0.2, 0.25) is 0 Å². The first-order valence-electron chi connectivity index (χ1n) is 6.54. The van der Waals surface area contributed by atoms with Gasteiger partial charge in [0.15, 0.2) is 0 Å². The van der Waals surface area contributed by atoms with Gasteiger partial charge in [0.25, 0.3) is 0 Å². The molecule has 1 heteroatoms. The van der Waals surface area contributed by atoms with Gasteiger partial charge in [0.05, 0.1) is 6.04 Å². The lowest BCUT2D eigenvalue weighted by molar-refractivity contribution is 0.720. The van der Waals surface area contributed by atoms with Crippen LogP contribution in [0.15, 0.2) is 24.3 Å². The SMILES string of the molecule is CCCC(N)C#Cc1ccc(C(C)CC)cc1. The second kappa shape index (κ2) is 7.14. The Morgan fingerprint density at radius 2 is 1.82 bits per heavy atom. The highest BCUT2D eigenvalue weighted by Crippen LogP contribution is 2.18. The molecule has 0 bridgehead atoms. The summed E-state index contributed by atoms with van der Waals surface area (Å²) in [5.74, 6) is 6.85. The summed E-state index contributed by atoms with van der Waals surface area (Å²) >= 11 is 0. The lowest BCUT2D eigenvalue weighted by atomic mass is 9.98. The van der Waals surface area contributed by atoms with Gasteiger partial charge in [-0.2, -0.15) is 0 Å². The molecule has 1 aromatic rings. The van der Waals surface area contributed by atoms with E-state index in [1.807, 2.05) is 0 Å². The van der Waals surface area contributed by atoms with Crippen molar-refractivity contribution in [2.24, 2.45) is 5.73 Å². The van der Waals surface area contributed by atoms with E-state index in [2.05, 4.69) is 56.9 Å². The van der Waals surface area contributed by atoms with Crippen LogP contribution in [-0.4, -0.2) is 6.04 Å². The van der Waals surface area contributed by atoms with Gasteiger partial charge in [-0.05, 0) is 36.5 Å². The van der Waals surface area contributed by atoms with E-state index in [0.717, 1.165) is 18.4 Å². The molecule has 2 N–H and O–H groups in total. The maximum Gasteiger partial charge on any atom is 0.0668 e. The molecule has 0 heterocycles. The summed E-state index contributed by atoms with van der Waals surface area (Å²) < 4.78 is 0. The summed E-state index contributed by atoms with van der Waals surface area (Å²) in [6, 6.07) is 8.53. The predicted octanol–water partition coefficient (Wildman–Crippen LogP) is 3.68. The van der Waals surface area contributed by atoms with E-state index in [4.69, 9.17) is 5.73 Å². The second-order valence-corrected chi connectivity index (χ2v) is 4.60. The molecular weight excluding hydrogens is 206 g/mol. The molecule has 1 nitrogen and oxygen atoms in total. The van der Waals surface area contributed by atoms with Gasteiger partial charge in [0.2, 0.25) is 0 Å². The third-order valence-corrected chi connectivity index (χ3v) is 3.09. The molecule has 1 aromatic carbocycles. The first-order chi connectivity index (χ1) is 8.17. The maximum absolute atomic E-state index is 5.86. The first-order valence-corrected chi connectivity index (χ1v) is 6.54. The largest absolute Gasteiger partial charge is 0.318 e. The average Bonchev–Trinajstić information content (AvgIpc) is 2.36. The van der Waals surface area contributed by atoms with E-state index in [-0.39, 0.29) is 6.04 Å². The molecule has 0 radical (unpaired) electrons. The van der Waals surface area contributed by atoms with Crippen molar-refractivity contribution < 1.29 is 0 Å². The molecule has 17 heavy (non-hydrogen) atoms. The highest BCUT2D eigenvalue weighted by Gasteiger charge is 2.01. The summed E-state index contributed by atoms with van der Waals surface area (Å²) in [5, 5.41) is 0. The molecule has 2 unspecified atom stereocenters. The highest BCUT2D eigenvalue weighted by molar-refractivity contribution is 5.37. The van der Waals surface area contributed by atoms with E-state index in [0.29, 0.717) is 5.92 Å². The summed E-state index contributed by atoms with van der Waals surface area (Å²) in [5.41, 5.74) is 8.30. The Labute approximate surface area is 105 Å². The molecule has 1 rings (SSSR count). The normalized spacial score (nSPS) is 13.6. The van der Waals surface area contributed by atoms with Crippen molar-refractivity contribution >= 4 is 0 Å². The number of benzene rings is 1. The lowest BCUT2D eigenvalue weighted by Gasteiger charge is -2.08. The molecule has 0 saturated carbocycles. The molecule has 0 amide bonds. The smallest absolute Gasteiger partial charge is 0.0668 e. The van der Waals surface area contributed by atoms with Crippen molar-refractivity contribution in [3.05, 3.63) is 35.4 Å². The van der Waals surface area contributed by atoms with E-state index in [1.54, 1.807) is 0 Å². The van der Waals surface area contributed by atoms with Crippen molar-refractivity contribution in [1.29, 1.82) is 0 Å². The molecule has 0 fully saturated rings. The number of hydrogen-bond donors (Lipinski definition) is 1. The van der Waals surface area contributed by atoms with Crippen LogP contribution in [-0.2, 0) is 0 Å². The van der Waals surface area contributed by atoms with Gasteiger partial charge in [0, 0.05) is 5.56 Å². The standard InChI is InChI=1S/C16H23N/c1-4-6-16(17)12-9-14-7-10-15(11-8-14)13(3)5-2/h7-8,10-11,13,16H,4-6,17H2,1-3H3. The molecule has 0 spiro atoms. The summed E-state index contributed by atoms with van der Waals surface area (Å²) in [7, 11) is 0. The molecule has 0 aliphatic carbocycles. The fraction of sp³-hybridized carbons (Fsp3) is 0.500. The van der Waals surface area contributed by atoms with Gasteiger partial charge in [-0.1, -0.05) is 51.2 Å². The quantitative estimate of drug-likeness (QED) is 0.783.